The van der Waals surface area contributed by atoms with E-state index in [1.165, 1.54) is 128 Å². The molecule has 226 valence electrons. The first-order valence-electron chi connectivity index (χ1n) is 16.6. The Balaban J connectivity index is 1.10. The summed E-state index contributed by atoms with van der Waals surface area (Å²) in [6.45, 7) is 26.3. The predicted octanol–water partition coefficient (Wildman–Crippen LogP) is 1.29. The first-order chi connectivity index (χ1) is 19.8. The molecule has 7 rings (SSSR count). The van der Waals surface area contributed by atoms with Crippen LogP contribution in [0.1, 0.15) is 36.8 Å². The minimum absolute atomic E-state index is 1.07. The molecule has 1 aromatic carbocycles. The molecule has 1 aromatic rings. The van der Waals surface area contributed by atoms with Gasteiger partial charge in [-0.05, 0) is 89.2 Å². The molecule has 6 fully saturated rings. The molecule has 0 saturated carbocycles. The van der Waals surface area contributed by atoms with Crippen molar-refractivity contribution in [1.29, 1.82) is 0 Å². The van der Waals surface area contributed by atoms with Crippen LogP contribution in [-0.2, 0) is 13.1 Å². The topological polar surface area (TPSA) is 43.5 Å². The molecule has 6 aliphatic heterocycles. The summed E-state index contributed by atoms with van der Waals surface area (Å²) in [6, 6.07) is 9.59. The standard InChI is InChI=1S/C32H58N8/c1-9-33-11-19-39(17-3-15-37-25-21-35(13-1)22-26-37)29-31-5-7-32(8-6-31)30-40-18-4-16-38-27-23-36(24-28-38)14-2-10-34-12-20-40/h5-8,33-34H,1-4,9-30H2. The fourth-order valence-electron chi connectivity index (χ4n) is 6.89. The third kappa shape index (κ3) is 10.6. The van der Waals surface area contributed by atoms with Crippen LogP contribution in [0.2, 0.25) is 0 Å². The molecule has 4 bridgehead atoms. The molecular weight excluding hydrogens is 496 g/mol. The van der Waals surface area contributed by atoms with E-state index in [-0.39, 0.29) is 0 Å². The number of rotatable bonds is 4. The van der Waals surface area contributed by atoms with Gasteiger partial charge < -0.3 is 30.2 Å². The van der Waals surface area contributed by atoms with Gasteiger partial charge in [0.05, 0.1) is 0 Å². The van der Waals surface area contributed by atoms with Crippen LogP contribution in [-0.4, -0.2) is 160 Å². The summed E-state index contributed by atoms with van der Waals surface area (Å²) in [5.74, 6) is 0. The minimum atomic E-state index is 1.07. The lowest BCUT2D eigenvalue weighted by atomic mass is 10.1. The summed E-state index contributed by atoms with van der Waals surface area (Å²) < 4.78 is 0. The molecule has 0 radical (unpaired) electrons. The fourth-order valence-corrected chi connectivity index (χ4v) is 6.89. The number of benzene rings is 1. The summed E-state index contributed by atoms with van der Waals surface area (Å²) in [5, 5.41) is 7.43. The Hall–Kier alpha value is -1.10. The summed E-state index contributed by atoms with van der Waals surface area (Å²) in [7, 11) is 0. The van der Waals surface area contributed by atoms with Crippen LogP contribution in [0.3, 0.4) is 0 Å². The lowest BCUT2D eigenvalue weighted by Crippen LogP contribution is -2.47. The van der Waals surface area contributed by atoms with E-state index in [1.807, 2.05) is 0 Å². The first kappa shape index (κ1) is 30.4. The van der Waals surface area contributed by atoms with Gasteiger partial charge >= 0.3 is 0 Å². The number of fused-ring (bicyclic) bond motifs is 22. The largest absolute Gasteiger partial charge is 0.315 e. The molecular formula is C32H58N8. The van der Waals surface area contributed by atoms with Crippen LogP contribution in [0.4, 0.5) is 0 Å². The van der Waals surface area contributed by atoms with Gasteiger partial charge in [0.1, 0.15) is 0 Å². The molecule has 0 atom stereocenters. The third-order valence-electron chi connectivity index (χ3n) is 9.53. The van der Waals surface area contributed by atoms with E-state index in [0.29, 0.717) is 0 Å². The quantitative estimate of drug-likeness (QED) is 0.578. The average Bonchev–Trinajstić information content (AvgIpc) is 2.98. The van der Waals surface area contributed by atoms with Crippen LogP contribution in [0.5, 0.6) is 0 Å². The minimum Gasteiger partial charge on any atom is -0.315 e. The average molecular weight is 555 g/mol. The van der Waals surface area contributed by atoms with Gasteiger partial charge in [-0.1, -0.05) is 24.3 Å². The number of nitrogens with one attached hydrogen (secondary N) is 2. The van der Waals surface area contributed by atoms with Gasteiger partial charge in [-0.3, -0.25) is 9.80 Å². The highest BCUT2D eigenvalue weighted by Gasteiger charge is 2.18. The lowest BCUT2D eigenvalue weighted by molar-refractivity contribution is 0.123. The maximum absolute atomic E-state index is 3.71. The summed E-state index contributed by atoms with van der Waals surface area (Å²) >= 11 is 0. The number of piperazine rings is 2. The smallest absolute Gasteiger partial charge is 0.0234 e. The zero-order chi connectivity index (χ0) is 27.2. The van der Waals surface area contributed by atoms with E-state index in [2.05, 4.69) is 64.3 Å². The van der Waals surface area contributed by atoms with Crippen LogP contribution >= 0.6 is 0 Å². The second kappa shape index (κ2) is 17.1. The molecule has 0 spiro atoms. The Morgan fingerprint density at radius 3 is 1.10 bits per heavy atom. The van der Waals surface area contributed by atoms with E-state index in [0.717, 1.165) is 52.4 Å². The second-order valence-electron chi connectivity index (χ2n) is 12.6. The van der Waals surface area contributed by atoms with Crippen molar-refractivity contribution in [3.8, 4) is 0 Å². The number of nitrogens with zero attached hydrogens (tertiary/aromatic N) is 6. The van der Waals surface area contributed by atoms with E-state index < -0.39 is 0 Å². The second-order valence-corrected chi connectivity index (χ2v) is 12.6. The van der Waals surface area contributed by atoms with Gasteiger partial charge in [0.25, 0.3) is 0 Å². The van der Waals surface area contributed by atoms with Crippen molar-refractivity contribution >= 4 is 0 Å². The van der Waals surface area contributed by atoms with Crippen molar-refractivity contribution in [3.05, 3.63) is 35.4 Å². The zero-order valence-corrected chi connectivity index (χ0v) is 25.4. The highest BCUT2D eigenvalue weighted by Crippen LogP contribution is 2.12. The molecule has 2 N–H and O–H groups in total. The lowest BCUT2D eigenvalue weighted by Gasteiger charge is -2.35. The maximum atomic E-state index is 3.71. The SMILES string of the molecule is c1cc(CN2CCCN3CCN(CCCNCC2)CC3)ccc1CN1CCCN2CCN(CCCNCC1)CC2. The molecule has 8 nitrogen and oxygen atoms in total. The first-order valence-corrected chi connectivity index (χ1v) is 16.6. The van der Waals surface area contributed by atoms with Gasteiger partial charge in [-0.25, -0.2) is 0 Å². The van der Waals surface area contributed by atoms with E-state index >= 15 is 0 Å². The Morgan fingerprint density at radius 2 is 0.725 bits per heavy atom. The molecule has 6 heterocycles. The van der Waals surface area contributed by atoms with Gasteiger partial charge in [0, 0.05) is 91.6 Å². The number of hydrogen-bond donors (Lipinski definition) is 2. The molecule has 8 heteroatoms. The molecule has 6 aliphatic rings. The Labute approximate surface area is 245 Å². The highest BCUT2D eigenvalue weighted by atomic mass is 15.3. The van der Waals surface area contributed by atoms with E-state index in [9.17, 15) is 0 Å². The summed E-state index contributed by atoms with van der Waals surface area (Å²) in [5.41, 5.74) is 2.92. The normalized spacial score (nSPS) is 31.4. The van der Waals surface area contributed by atoms with Gasteiger partial charge in [-0.15, -0.1) is 0 Å². The summed E-state index contributed by atoms with van der Waals surface area (Å²) in [6.07, 6.45) is 5.09. The molecule has 40 heavy (non-hydrogen) atoms. The van der Waals surface area contributed by atoms with Crippen LogP contribution < -0.4 is 10.6 Å². The van der Waals surface area contributed by atoms with Crippen LogP contribution in [0, 0.1) is 0 Å². The van der Waals surface area contributed by atoms with Gasteiger partial charge in [0.2, 0.25) is 0 Å². The fraction of sp³-hybridized carbons (Fsp3) is 0.812. The van der Waals surface area contributed by atoms with E-state index in [4.69, 9.17) is 0 Å². The summed E-state index contributed by atoms with van der Waals surface area (Å²) in [4.78, 5) is 16.0. The Morgan fingerprint density at radius 1 is 0.375 bits per heavy atom. The van der Waals surface area contributed by atoms with Crippen molar-refractivity contribution in [2.45, 2.75) is 38.8 Å². The maximum Gasteiger partial charge on any atom is 0.0234 e. The molecule has 0 aliphatic carbocycles. The Kier molecular flexibility index (Phi) is 13.0. The molecule has 0 amide bonds. The Bertz CT molecular complexity index is 731. The van der Waals surface area contributed by atoms with Gasteiger partial charge in [-0.2, -0.15) is 0 Å². The van der Waals surface area contributed by atoms with E-state index in [1.54, 1.807) is 0 Å². The van der Waals surface area contributed by atoms with Crippen molar-refractivity contribution in [2.75, 3.05) is 131 Å². The van der Waals surface area contributed by atoms with Crippen molar-refractivity contribution in [1.82, 2.24) is 40.0 Å². The predicted molar refractivity (Wildman–Crippen MR) is 167 cm³/mol. The monoisotopic (exact) mass is 554 g/mol. The highest BCUT2D eigenvalue weighted by molar-refractivity contribution is 5.22. The van der Waals surface area contributed by atoms with Crippen LogP contribution in [0.15, 0.2) is 24.3 Å². The molecule has 0 unspecified atom stereocenters. The van der Waals surface area contributed by atoms with Gasteiger partial charge in [0.15, 0.2) is 0 Å². The zero-order valence-electron chi connectivity index (χ0n) is 25.4. The number of hydrogen-bond acceptors (Lipinski definition) is 8. The van der Waals surface area contributed by atoms with Crippen molar-refractivity contribution in [2.24, 2.45) is 0 Å². The third-order valence-corrected chi connectivity index (χ3v) is 9.53. The van der Waals surface area contributed by atoms with Crippen molar-refractivity contribution < 1.29 is 0 Å². The van der Waals surface area contributed by atoms with Crippen molar-refractivity contribution in [3.63, 3.8) is 0 Å². The van der Waals surface area contributed by atoms with Crippen LogP contribution in [0.25, 0.3) is 0 Å². The molecule has 0 aromatic heterocycles. The molecule has 6 saturated heterocycles.